The number of aliphatic hydroxyl groups excluding tert-OH is 1. The molecule has 0 atom stereocenters. The Labute approximate surface area is 209 Å². The summed E-state index contributed by atoms with van der Waals surface area (Å²) in [4.78, 5) is 25.3. The molecular weight excluding hydrogens is 468 g/mol. The van der Waals surface area contributed by atoms with Crippen LogP contribution in [0.4, 0.5) is 0 Å². The number of aliphatic hydroxyl groups is 1. The van der Waals surface area contributed by atoms with Gasteiger partial charge in [-0.05, 0) is 65.7 Å². The maximum absolute atomic E-state index is 12.8. The van der Waals surface area contributed by atoms with Gasteiger partial charge < -0.3 is 25.2 Å². The molecule has 0 aliphatic heterocycles. The van der Waals surface area contributed by atoms with Gasteiger partial charge in [0.2, 0.25) is 0 Å². The summed E-state index contributed by atoms with van der Waals surface area (Å²) in [5, 5.41) is 14.7. The van der Waals surface area contributed by atoms with Crippen LogP contribution in [0, 0.1) is 0 Å². The van der Waals surface area contributed by atoms with Crippen LogP contribution in [-0.4, -0.2) is 43.8 Å². The Morgan fingerprint density at radius 2 is 1.60 bits per heavy atom. The van der Waals surface area contributed by atoms with Gasteiger partial charge in [-0.3, -0.25) is 9.59 Å². The highest BCUT2D eigenvalue weighted by Gasteiger charge is 2.14. The molecule has 3 aromatic rings. The monoisotopic (exact) mass is 494 g/mol. The van der Waals surface area contributed by atoms with Crippen molar-refractivity contribution in [3.63, 3.8) is 0 Å². The number of hydrogen-bond donors (Lipinski definition) is 3. The standard InChI is InChI=1S/C27H27ClN2O5/c1-34-23-10-4-19(5-11-23)14-17-35-24-12-6-21(7-13-24)26(32)30-25(27(33)29-15-16-31)18-20-2-8-22(28)9-3-20/h2-13,18,31H,14-17H2,1H3,(H,29,33)(H,30,32)/b25-18+. The van der Waals surface area contributed by atoms with Crippen molar-refractivity contribution in [1.82, 2.24) is 10.6 Å². The third-order valence-corrected chi connectivity index (χ3v) is 5.26. The van der Waals surface area contributed by atoms with Gasteiger partial charge in [-0.1, -0.05) is 35.9 Å². The molecule has 182 valence electrons. The Kier molecular flexibility index (Phi) is 9.71. The first-order valence-electron chi connectivity index (χ1n) is 11.0. The summed E-state index contributed by atoms with van der Waals surface area (Å²) in [6, 6.07) is 21.3. The minimum Gasteiger partial charge on any atom is -0.497 e. The van der Waals surface area contributed by atoms with E-state index in [9.17, 15) is 9.59 Å². The lowest BCUT2D eigenvalue weighted by atomic mass is 10.1. The van der Waals surface area contributed by atoms with E-state index >= 15 is 0 Å². The van der Waals surface area contributed by atoms with Crippen molar-refractivity contribution in [2.75, 3.05) is 26.9 Å². The van der Waals surface area contributed by atoms with Gasteiger partial charge in [0, 0.05) is 23.6 Å². The van der Waals surface area contributed by atoms with Gasteiger partial charge in [0.15, 0.2) is 0 Å². The molecule has 3 N–H and O–H groups in total. The number of methoxy groups -OCH3 is 1. The van der Waals surface area contributed by atoms with Crippen LogP contribution in [0.2, 0.25) is 5.02 Å². The van der Waals surface area contributed by atoms with E-state index in [1.807, 2.05) is 24.3 Å². The summed E-state index contributed by atoms with van der Waals surface area (Å²) in [6.07, 6.45) is 2.27. The number of nitrogens with one attached hydrogen (secondary N) is 2. The topological polar surface area (TPSA) is 96.9 Å². The van der Waals surface area contributed by atoms with Gasteiger partial charge in [-0.25, -0.2) is 0 Å². The number of amides is 2. The van der Waals surface area contributed by atoms with Crippen LogP contribution >= 0.6 is 11.6 Å². The maximum atomic E-state index is 12.8. The zero-order chi connectivity index (χ0) is 25.0. The number of carbonyl (C=O) groups is 2. The summed E-state index contributed by atoms with van der Waals surface area (Å²) in [6.45, 7) is 0.333. The normalized spacial score (nSPS) is 11.0. The first kappa shape index (κ1) is 25.8. The van der Waals surface area contributed by atoms with Crippen molar-refractivity contribution in [2.45, 2.75) is 6.42 Å². The molecule has 0 aliphatic rings. The van der Waals surface area contributed by atoms with Crippen LogP contribution in [0.3, 0.4) is 0 Å². The van der Waals surface area contributed by atoms with Crippen molar-refractivity contribution in [1.29, 1.82) is 0 Å². The molecule has 0 heterocycles. The number of hydrogen-bond acceptors (Lipinski definition) is 5. The quantitative estimate of drug-likeness (QED) is 0.352. The zero-order valence-electron chi connectivity index (χ0n) is 19.3. The predicted molar refractivity (Wildman–Crippen MR) is 136 cm³/mol. The lowest BCUT2D eigenvalue weighted by Gasteiger charge is -2.11. The molecule has 0 unspecified atom stereocenters. The van der Waals surface area contributed by atoms with E-state index < -0.39 is 11.8 Å². The fourth-order valence-corrected chi connectivity index (χ4v) is 3.25. The van der Waals surface area contributed by atoms with Gasteiger partial charge in [0.05, 0.1) is 20.3 Å². The van der Waals surface area contributed by atoms with E-state index in [2.05, 4.69) is 10.6 Å². The van der Waals surface area contributed by atoms with Crippen molar-refractivity contribution in [3.8, 4) is 11.5 Å². The second kappa shape index (κ2) is 13.2. The molecule has 8 heteroatoms. The van der Waals surface area contributed by atoms with E-state index in [0.29, 0.717) is 28.5 Å². The third-order valence-electron chi connectivity index (χ3n) is 5.01. The van der Waals surface area contributed by atoms with Crippen LogP contribution in [0.15, 0.2) is 78.5 Å². The molecule has 0 spiro atoms. The Morgan fingerprint density at radius 3 is 2.23 bits per heavy atom. The Morgan fingerprint density at radius 1 is 0.943 bits per heavy atom. The molecule has 3 aromatic carbocycles. The first-order valence-corrected chi connectivity index (χ1v) is 11.4. The molecule has 0 aromatic heterocycles. The van der Waals surface area contributed by atoms with Crippen LogP contribution in [0.5, 0.6) is 11.5 Å². The van der Waals surface area contributed by atoms with Gasteiger partial charge in [-0.2, -0.15) is 0 Å². The van der Waals surface area contributed by atoms with Crippen molar-refractivity contribution in [2.24, 2.45) is 0 Å². The molecule has 0 radical (unpaired) electrons. The summed E-state index contributed by atoms with van der Waals surface area (Å²) in [5.74, 6) is 0.475. The molecular formula is C27H27ClN2O5. The highest BCUT2D eigenvalue weighted by atomic mass is 35.5. The van der Waals surface area contributed by atoms with Crippen molar-refractivity contribution in [3.05, 3.63) is 100 Å². The molecule has 0 saturated carbocycles. The molecule has 3 rings (SSSR count). The lowest BCUT2D eigenvalue weighted by molar-refractivity contribution is -0.117. The van der Waals surface area contributed by atoms with E-state index in [1.165, 1.54) is 6.08 Å². The first-order chi connectivity index (χ1) is 17.0. The van der Waals surface area contributed by atoms with Crippen molar-refractivity contribution >= 4 is 29.5 Å². The second-order valence-electron chi connectivity index (χ2n) is 7.51. The minimum atomic E-state index is -0.513. The summed E-state index contributed by atoms with van der Waals surface area (Å²) in [7, 11) is 1.63. The second-order valence-corrected chi connectivity index (χ2v) is 7.95. The Balaban J connectivity index is 1.61. The molecule has 7 nitrogen and oxygen atoms in total. The van der Waals surface area contributed by atoms with E-state index in [4.69, 9.17) is 26.2 Å². The average Bonchev–Trinajstić information content (AvgIpc) is 2.89. The number of halogens is 1. The van der Waals surface area contributed by atoms with E-state index in [-0.39, 0.29) is 18.8 Å². The van der Waals surface area contributed by atoms with Gasteiger partial charge in [0.1, 0.15) is 17.2 Å². The van der Waals surface area contributed by atoms with Gasteiger partial charge in [0.25, 0.3) is 11.8 Å². The summed E-state index contributed by atoms with van der Waals surface area (Å²) >= 11 is 5.92. The summed E-state index contributed by atoms with van der Waals surface area (Å²) < 4.78 is 10.9. The fraction of sp³-hybridized carbons (Fsp3) is 0.185. The van der Waals surface area contributed by atoms with E-state index in [0.717, 1.165) is 17.7 Å². The number of benzene rings is 3. The molecule has 0 fully saturated rings. The van der Waals surface area contributed by atoms with Crippen molar-refractivity contribution < 1.29 is 24.2 Å². The summed E-state index contributed by atoms with van der Waals surface area (Å²) in [5.41, 5.74) is 2.22. The maximum Gasteiger partial charge on any atom is 0.267 e. The smallest absolute Gasteiger partial charge is 0.267 e. The van der Waals surface area contributed by atoms with Crippen LogP contribution in [0.1, 0.15) is 21.5 Å². The zero-order valence-corrected chi connectivity index (χ0v) is 20.0. The number of rotatable bonds is 11. The fourth-order valence-electron chi connectivity index (χ4n) is 3.12. The average molecular weight is 495 g/mol. The number of ether oxygens (including phenoxy) is 2. The van der Waals surface area contributed by atoms with E-state index in [1.54, 1.807) is 55.6 Å². The Hall–Kier alpha value is -3.81. The SMILES string of the molecule is COc1ccc(CCOc2ccc(C(=O)N/C(=C/c3ccc(Cl)cc3)C(=O)NCCO)cc2)cc1. The Bertz CT molecular complexity index is 1140. The highest BCUT2D eigenvalue weighted by molar-refractivity contribution is 6.30. The number of carbonyl (C=O) groups excluding carboxylic acids is 2. The highest BCUT2D eigenvalue weighted by Crippen LogP contribution is 2.16. The van der Waals surface area contributed by atoms with Crippen LogP contribution in [-0.2, 0) is 11.2 Å². The minimum absolute atomic E-state index is 0.0468. The van der Waals surface area contributed by atoms with Crippen LogP contribution < -0.4 is 20.1 Å². The molecule has 0 saturated heterocycles. The largest absolute Gasteiger partial charge is 0.497 e. The van der Waals surface area contributed by atoms with Crippen LogP contribution in [0.25, 0.3) is 6.08 Å². The lowest BCUT2D eigenvalue weighted by Crippen LogP contribution is -2.36. The molecule has 0 aliphatic carbocycles. The molecule has 0 bridgehead atoms. The van der Waals surface area contributed by atoms with Gasteiger partial charge >= 0.3 is 0 Å². The third kappa shape index (κ3) is 8.17. The van der Waals surface area contributed by atoms with Gasteiger partial charge in [-0.15, -0.1) is 0 Å². The predicted octanol–water partition coefficient (Wildman–Crippen LogP) is 3.85. The molecule has 2 amide bonds. The molecule has 35 heavy (non-hydrogen) atoms.